The van der Waals surface area contributed by atoms with Crippen LogP contribution in [0.25, 0.3) is 0 Å². The first-order valence-electron chi connectivity index (χ1n) is 9.40. The Bertz CT molecular complexity index is 906. The lowest BCUT2D eigenvalue weighted by Crippen LogP contribution is -2.52. The molecular formula is C20H24FN3O5. The van der Waals surface area contributed by atoms with Crippen molar-refractivity contribution in [2.24, 2.45) is 0 Å². The van der Waals surface area contributed by atoms with Crippen LogP contribution in [0.15, 0.2) is 6.07 Å². The van der Waals surface area contributed by atoms with Gasteiger partial charge in [-0.2, -0.15) is 0 Å². The summed E-state index contributed by atoms with van der Waals surface area (Å²) >= 11 is 0. The molecule has 156 valence electrons. The smallest absolute Gasteiger partial charge is 0.407 e. The zero-order valence-corrected chi connectivity index (χ0v) is 16.8. The molecule has 2 heterocycles. The molecule has 29 heavy (non-hydrogen) atoms. The first kappa shape index (κ1) is 20.8. The summed E-state index contributed by atoms with van der Waals surface area (Å²) in [5.41, 5.74) is 0.583. The number of fused-ring (bicyclic) bond motifs is 1. The number of ether oxygens (including phenoxy) is 1. The molecule has 9 heteroatoms. The molecule has 0 aromatic heterocycles. The highest BCUT2D eigenvalue weighted by molar-refractivity contribution is 6.05. The van der Waals surface area contributed by atoms with E-state index in [4.69, 9.17) is 4.74 Å². The van der Waals surface area contributed by atoms with Crippen molar-refractivity contribution in [1.29, 1.82) is 0 Å². The first-order chi connectivity index (χ1) is 13.5. The van der Waals surface area contributed by atoms with Crippen LogP contribution in [0.3, 0.4) is 0 Å². The number of amides is 4. The molecule has 1 aromatic carbocycles. The van der Waals surface area contributed by atoms with Crippen molar-refractivity contribution in [1.82, 2.24) is 15.5 Å². The largest absolute Gasteiger partial charge is 0.444 e. The third kappa shape index (κ3) is 4.23. The molecule has 0 aliphatic carbocycles. The van der Waals surface area contributed by atoms with Crippen LogP contribution >= 0.6 is 0 Å². The highest BCUT2D eigenvalue weighted by Gasteiger charge is 2.41. The van der Waals surface area contributed by atoms with Gasteiger partial charge < -0.3 is 15.0 Å². The summed E-state index contributed by atoms with van der Waals surface area (Å²) in [7, 11) is 0. The van der Waals surface area contributed by atoms with Gasteiger partial charge in [0.25, 0.3) is 5.91 Å². The summed E-state index contributed by atoms with van der Waals surface area (Å²) in [4.78, 5) is 49.5. The van der Waals surface area contributed by atoms with Gasteiger partial charge in [0, 0.05) is 25.1 Å². The predicted octanol–water partition coefficient (Wildman–Crippen LogP) is 1.92. The van der Waals surface area contributed by atoms with Crippen molar-refractivity contribution in [3.8, 4) is 0 Å². The van der Waals surface area contributed by atoms with Gasteiger partial charge in [-0.15, -0.1) is 0 Å². The molecule has 1 saturated heterocycles. The second kappa shape index (κ2) is 7.46. The van der Waals surface area contributed by atoms with E-state index < -0.39 is 35.4 Å². The standard InChI is InChI=1S/C20H24FN3O5/c1-10-7-11(8-22-19(28)29-20(2,3)4)16(21)15-12(10)9-24(18(15)27)13-5-6-14(25)23-17(13)26/h7,13H,5-6,8-9H2,1-4H3,(H,22,28)(H,23,25,26). The Kier molecular flexibility index (Phi) is 5.34. The van der Waals surface area contributed by atoms with Gasteiger partial charge in [-0.05, 0) is 45.2 Å². The quantitative estimate of drug-likeness (QED) is 0.748. The minimum Gasteiger partial charge on any atom is -0.444 e. The number of nitrogens with zero attached hydrogens (tertiary/aromatic N) is 1. The zero-order valence-electron chi connectivity index (χ0n) is 16.8. The average molecular weight is 405 g/mol. The normalized spacial score (nSPS) is 19.1. The molecular weight excluding hydrogens is 381 g/mol. The average Bonchev–Trinajstić information content (AvgIpc) is 2.93. The summed E-state index contributed by atoms with van der Waals surface area (Å²) in [5.74, 6) is -2.24. The Hall–Kier alpha value is -2.97. The van der Waals surface area contributed by atoms with Crippen LogP contribution in [0.4, 0.5) is 9.18 Å². The van der Waals surface area contributed by atoms with E-state index in [1.165, 1.54) is 4.90 Å². The third-order valence-corrected chi connectivity index (χ3v) is 4.88. The van der Waals surface area contributed by atoms with Gasteiger partial charge in [-0.3, -0.25) is 19.7 Å². The van der Waals surface area contributed by atoms with Gasteiger partial charge in [0.2, 0.25) is 11.8 Å². The van der Waals surface area contributed by atoms with Crippen LogP contribution < -0.4 is 10.6 Å². The summed E-state index contributed by atoms with van der Waals surface area (Å²) in [5, 5.41) is 4.71. The lowest BCUT2D eigenvalue weighted by Gasteiger charge is -2.29. The van der Waals surface area contributed by atoms with Crippen molar-refractivity contribution in [3.63, 3.8) is 0 Å². The van der Waals surface area contributed by atoms with E-state index >= 15 is 4.39 Å². The molecule has 0 saturated carbocycles. The van der Waals surface area contributed by atoms with Gasteiger partial charge in [0.05, 0.1) is 5.56 Å². The molecule has 0 spiro atoms. The van der Waals surface area contributed by atoms with E-state index in [9.17, 15) is 19.2 Å². The number of nitrogens with one attached hydrogen (secondary N) is 2. The highest BCUT2D eigenvalue weighted by Crippen LogP contribution is 2.33. The number of hydrogen-bond donors (Lipinski definition) is 2. The Morgan fingerprint density at radius 1 is 1.34 bits per heavy atom. The number of benzene rings is 1. The number of hydrogen-bond acceptors (Lipinski definition) is 5. The molecule has 1 aromatic rings. The van der Waals surface area contributed by atoms with Gasteiger partial charge in [-0.1, -0.05) is 6.07 Å². The molecule has 1 atom stereocenters. The fourth-order valence-electron chi connectivity index (χ4n) is 3.56. The lowest BCUT2D eigenvalue weighted by molar-refractivity contribution is -0.136. The molecule has 1 fully saturated rings. The molecule has 0 bridgehead atoms. The molecule has 2 N–H and O–H groups in total. The maximum Gasteiger partial charge on any atom is 0.407 e. The van der Waals surface area contributed by atoms with E-state index in [2.05, 4.69) is 10.6 Å². The van der Waals surface area contributed by atoms with Gasteiger partial charge in [-0.25, -0.2) is 9.18 Å². The number of piperidine rings is 1. The van der Waals surface area contributed by atoms with E-state index in [1.807, 2.05) is 0 Å². The number of imide groups is 1. The molecule has 2 aliphatic rings. The summed E-state index contributed by atoms with van der Waals surface area (Å²) in [6.07, 6.45) is -0.354. The van der Waals surface area contributed by atoms with Crippen molar-refractivity contribution in [2.45, 2.75) is 65.3 Å². The number of carbonyl (C=O) groups is 4. The maximum atomic E-state index is 15.1. The van der Waals surface area contributed by atoms with E-state index in [-0.39, 0.29) is 43.0 Å². The van der Waals surface area contributed by atoms with Gasteiger partial charge in [0.1, 0.15) is 17.5 Å². The number of alkyl carbamates (subject to hydrolysis) is 1. The van der Waals surface area contributed by atoms with Crippen molar-refractivity contribution >= 4 is 23.8 Å². The van der Waals surface area contributed by atoms with Gasteiger partial charge >= 0.3 is 6.09 Å². The minimum atomic E-state index is -0.810. The fraction of sp³-hybridized carbons (Fsp3) is 0.500. The Morgan fingerprint density at radius 2 is 2.03 bits per heavy atom. The number of carbonyl (C=O) groups excluding carboxylic acids is 4. The second-order valence-corrected chi connectivity index (χ2v) is 8.28. The van der Waals surface area contributed by atoms with Crippen LogP contribution in [0.2, 0.25) is 0 Å². The second-order valence-electron chi connectivity index (χ2n) is 8.28. The monoisotopic (exact) mass is 405 g/mol. The maximum absolute atomic E-state index is 15.1. The van der Waals surface area contributed by atoms with Crippen LogP contribution in [0, 0.1) is 12.7 Å². The first-order valence-corrected chi connectivity index (χ1v) is 9.40. The van der Waals surface area contributed by atoms with Crippen LogP contribution in [-0.4, -0.2) is 40.4 Å². The summed E-state index contributed by atoms with van der Waals surface area (Å²) in [6, 6.07) is 0.766. The minimum absolute atomic E-state index is 0.0873. The molecule has 3 rings (SSSR count). The van der Waals surface area contributed by atoms with Crippen LogP contribution in [0.5, 0.6) is 0 Å². The van der Waals surface area contributed by atoms with Crippen molar-refractivity contribution in [3.05, 3.63) is 34.1 Å². The van der Waals surface area contributed by atoms with E-state index in [1.54, 1.807) is 33.8 Å². The number of aryl methyl sites for hydroxylation is 1. The highest BCUT2D eigenvalue weighted by atomic mass is 19.1. The predicted molar refractivity (Wildman–Crippen MR) is 100 cm³/mol. The number of rotatable bonds is 3. The Morgan fingerprint density at radius 3 is 2.66 bits per heavy atom. The fourth-order valence-corrected chi connectivity index (χ4v) is 3.56. The van der Waals surface area contributed by atoms with E-state index in [0.29, 0.717) is 11.1 Å². The van der Waals surface area contributed by atoms with Gasteiger partial charge in [0.15, 0.2) is 0 Å². The molecule has 1 unspecified atom stereocenters. The van der Waals surface area contributed by atoms with Crippen molar-refractivity contribution < 1.29 is 28.3 Å². The molecule has 0 radical (unpaired) electrons. The van der Waals surface area contributed by atoms with Crippen LogP contribution in [0.1, 0.15) is 60.7 Å². The number of halogens is 1. The SMILES string of the molecule is Cc1cc(CNC(=O)OC(C)(C)C)c(F)c2c1CN(C1CCC(=O)NC1=O)C2=O. The Balaban J connectivity index is 1.80. The van der Waals surface area contributed by atoms with Crippen LogP contribution in [-0.2, 0) is 27.4 Å². The third-order valence-electron chi connectivity index (χ3n) is 4.88. The summed E-state index contributed by atoms with van der Waals surface area (Å²) < 4.78 is 20.2. The zero-order chi connectivity index (χ0) is 21.5. The molecule has 8 nitrogen and oxygen atoms in total. The molecule has 4 amide bonds. The molecule has 2 aliphatic heterocycles. The van der Waals surface area contributed by atoms with Crippen molar-refractivity contribution in [2.75, 3.05) is 0 Å². The summed E-state index contributed by atoms with van der Waals surface area (Å²) in [6.45, 7) is 6.86. The lowest BCUT2D eigenvalue weighted by atomic mass is 9.99. The Labute approximate surface area is 167 Å². The topological polar surface area (TPSA) is 105 Å². The van der Waals surface area contributed by atoms with E-state index in [0.717, 1.165) is 0 Å².